The molecule has 0 aliphatic carbocycles. The van der Waals surface area contributed by atoms with Gasteiger partial charge in [-0.05, 0) is 42.3 Å². The molecule has 0 spiro atoms. The molecule has 1 aliphatic heterocycles. The highest BCUT2D eigenvalue weighted by atomic mass is 32.1. The van der Waals surface area contributed by atoms with Crippen LogP contribution in [0.15, 0.2) is 48.8 Å². The Morgan fingerprint density at radius 1 is 1.07 bits per heavy atom. The van der Waals surface area contributed by atoms with Crippen molar-refractivity contribution in [1.82, 2.24) is 15.0 Å². The highest BCUT2D eigenvalue weighted by Crippen LogP contribution is 2.33. The average molecular weight is 404 g/mol. The number of fused-ring (bicyclic) bond motifs is 2. The molecule has 0 atom stereocenters. The molecule has 0 saturated heterocycles. The molecule has 0 radical (unpaired) electrons. The summed E-state index contributed by atoms with van der Waals surface area (Å²) >= 11 is 1.71. The smallest absolute Gasteiger partial charge is 0.164 e. The number of thiophene rings is 1. The summed E-state index contributed by atoms with van der Waals surface area (Å²) in [4.78, 5) is 16.1. The van der Waals surface area contributed by atoms with E-state index in [9.17, 15) is 0 Å². The van der Waals surface area contributed by atoms with Crippen LogP contribution in [0.5, 0.6) is 11.5 Å². The van der Waals surface area contributed by atoms with Gasteiger partial charge in [-0.25, -0.2) is 9.97 Å². The first-order valence-electron chi connectivity index (χ1n) is 9.63. The number of hydrogen-bond donors (Lipinski definition) is 1. The van der Waals surface area contributed by atoms with Crippen LogP contribution in [-0.2, 0) is 13.0 Å². The van der Waals surface area contributed by atoms with Crippen molar-refractivity contribution in [1.29, 1.82) is 0 Å². The van der Waals surface area contributed by atoms with Crippen molar-refractivity contribution in [2.75, 3.05) is 18.5 Å². The lowest BCUT2D eigenvalue weighted by molar-refractivity contribution is 0.171. The monoisotopic (exact) mass is 404 g/mol. The van der Waals surface area contributed by atoms with E-state index in [2.05, 4.69) is 23.3 Å². The van der Waals surface area contributed by atoms with E-state index >= 15 is 0 Å². The van der Waals surface area contributed by atoms with Crippen molar-refractivity contribution >= 4 is 27.4 Å². The van der Waals surface area contributed by atoms with Crippen LogP contribution in [0.4, 0.5) is 5.82 Å². The highest BCUT2D eigenvalue weighted by Gasteiger charge is 2.14. The Bertz CT molecular complexity index is 1160. The van der Waals surface area contributed by atoms with Gasteiger partial charge in [0.2, 0.25) is 0 Å². The summed E-state index contributed by atoms with van der Waals surface area (Å²) in [6.45, 7) is 3.97. The second kappa shape index (κ2) is 7.67. The predicted molar refractivity (Wildman–Crippen MR) is 115 cm³/mol. The van der Waals surface area contributed by atoms with Crippen LogP contribution in [-0.4, -0.2) is 28.2 Å². The van der Waals surface area contributed by atoms with Gasteiger partial charge in [-0.3, -0.25) is 4.98 Å². The van der Waals surface area contributed by atoms with Crippen molar-refractivity contribution in [2.45, 2.75) is 19.9 Å². The van der Waals surface area contributed by atoms with E-state index in [1.807, 2.05) is 30.3 Å². The van der Waals surface area contributed by atoms with Gasteiger partial charge in [-0.15, -0.1) is 11.3 Å². The number of nitrogens with zero attached hydrogens (tertiary/aromatic N) is 3. The Balaban J connectivity index is 1.49. The molecule has 1 N–H and O–H groups in total. The molecule has 1 aromatic carbocycles. The van der Waals surface area contributed by atoms with E-state index < -0.39 is 0 Å². The molecule has 0 fully saturated rings. The minimum absolute atomic E-state index is 0.583. The molecule has 0 saturated carbocycles. The van der Waals surface area contributed by atoms with Gasteiger partial charge in [0.05, 0.1) is 5.39 Å². The zero-order valence-corrected chi connectivity index (χ0v) is 16.8. The Morgan fingerprint density at radius 3 is 2.79 bits per heavy atom. The number of ether oxygens (including phenoxy) is 2. The van der Waals surface area contributed by atoms with Gasteiger partial charge < -0.3 is 14.8 Å². The maximum Gasteiger partial charge on any atom is 0.164 e. The van der Waals surface area contributed by atoms with E-state index in [0.29, 0.717) is 25.6 Å². The van der Waals surface area contributed by atoms with E-state index in [-0.39, 0.29) is 0 Å². The van der Waals surface area contributed by atoms with E-state index in [1.165, 1.54) is 4.88 Å². The summed E-state index contributed by atoms with van der Waals surface area (Å²) in [7, 11) is 0. The van der Waals surface area contributed by atoms with Crippen LogP contribution in [0.1, 0.15) is 17.4 Å². The lowest BCUT2D eigenvalue weighted by Crippen LogP contribution is -2.15. The molecule has 0 amide bonds. The number of pyridine rings is 1. The molecule has 29 heavy (non-hydrogen) atoms. The van der Waals surface area contributed by atoms with Crippen LogP contribution in [0, 0.1) is 0 Å². The fourth-order valence-corrected chi connectivity index (χ4v) is 4.26. The zero-order valence-electron chi connectivity index (χ0n) is 16.0. The third-order valence-electron chi connectivity index (χ3n) is 4.78. The van der Waals surface area contributed by atoms with Gasteiger partial charge in [0, 0.05) is 29.4 Å². The maximum atomic E-state index is 5.70. The Hall–Kier alpha value is -3.19. The molecule has 5 rings (SSSR count). The topological polar surface area (TPSA) is 69.2 Å². The summed E-state index contributed by atoms with van der Waals surface area (Å²) in [5, 5.41) is 4.55. The Morgan fingerprint density at radius 2 is 1.97 bits per heavy atom. The first kappa shape index (κ1) is 17.9. The third kappa shape index (κ3) is 3.61. The summed E-state index contributed by atoms with van der Waals surface area (Å²) < 4.78 is 11.3. The van der Waals surface area contributed by atoms with Gasteiger partial charge >= 0.3 is 0 Å². The average Bonchev–Trinajstić information content (AvgIpc) is 3.21. The number of rotatable bonds is 5. The van der Waals surface area contributed by atoms with Crippen molar-refractivity contribution in [3.05, 3.63) is 59.2 Å². The van der Waals surface area contributed by atoms with E-state index in [0.717, 1.165) is 45.1 Å². The number of aryl methyl sites for hydroxylation is 1. The highest BCUT2D eigenvalue weighted by molar-refractivity contribution is 7.18. The molecular formula is C22H20N4O2S. The number of benzene rings is 1. The third-order valence-corrected chi connectivity index (χ3v) is 5.95. The van der Waals surface area contributed by atoms with Crippen LogP contribution < -0.4 is 14.8 Å². The molecule has 6 nitrogen and oxygen atoms in total. The zero-order chi connectivity index (χ0) is 19.6. The molecule has 1 aliphatic rings. The van der Waals surface area contributed by atoms with Crippen molar-refractivity contribution in [3.63, 3.8) is 0 Å². The second-order valence-corrected chi connectivity index (χ2v) is 7.87. The fourth-order valence-electron chi connectivity index (χ4n) is 3.29. The normalized spacial score (nSPS) is 12.9. The van der Waals surface area contributed by atoms with Gasteiger partial charge in [0.25, 0.3) is 0 Å². The van der Waals surface area contributed by atoms with Gasteiger partial charge in [0.1, 0.15) is 23.9 Å². The molecular weight excluding hydrogens is 384 g/mol. The molecule has 7 heteroatoms. The van der Waals surface area contributed by atoms with Crippen LogP contribution in [0.3, 0.4) is 0 Å². The lowest BCUT2D eigenvalue weighted by atomic mass is 10.2. The van der Waals surface area contributed by atoms with Crippen LogP contribution in [0.25, 0.3) is 21.6 Å². The number of aromatic nitrogens is 3. The Labute approximate surface area is 172 Å². The van der Waals surface area contributed by atoms with Crippen LogP contribution >= 0.6 is 11.3 Å². The largest absolute Gasteiger partial charge is 0.486 e. The van der Waals surface area contributed by atoms with Crippen molar-refractivity contribution in [2.24, 2.45) is 0 Å². The number of nitrogens with one attached hydrogen (secondary N) is 1. The quantitative estimate of drug-likeness (QED) is 0.520. The maximum absolute atomic E-state index is 5.70. The molecule has 0 bridgehead atoms. The number of hydrogen-bond acceptors (Lipinski definition) is 7. The Kier molecular flexibility index (Phi) is 4.73. The summed E-state index contributed by atoms with van der Waals surface area (Å²) in [5.41, 5.74) is 2.01. The molecule has 0 unspecified atom stereocenters. The van der Waals surface area contributed by atoms with Gasteiger partial charge in [-0.1, -0.05) is 13.0 Å². The minimum Gasteiger partial charge on any atom is -0.486 e. The minimum atomic E-state index is 0.583. The summed E-state index contributed by atoms with van der Waals surface area (Å²) in [6, 6.07) is 12.1. The van der Waals surface area contributed by atoms with Gasteiger partial charge in [0.15, 0.2) is 17.3 Å². The first-order chi connectivity index (χ1) is 14.3. The molecule has 146 valence electrons. The summed E-state index contributed by atoms with van der Waals surface area (Å²) in [5.74, 6) is 3.11. The fraction of sp³-hybridized carbons (Fsp3) is 0.227. The molecule has 4 aromatic rings. The van der Waals surface area contributed by atoms with Gasteiger partial charge in [-0.2, -0.15) is 0 Å². The van der Waals surface area contributed by atoms with Crippen molar-refractivity contribution in [3.8, 4) is 22.9 Å². The van der Waals surface area contributed by atoms with Crippen LogP contribution in [0.2, 0.25) is 0 Å². The molecule has 4 heterocycles. The van der Waals surface area contributed by atoms with E-state index in [4.69, 9.17) is 19.4 Å². The molecule has 3 aromatic heterocycles. The SMILES string of the molecule is CCc1cc2c(NCc3ccc4c(c3)OCCO4)nc(-c3cccnc3)nc2s1. The van der Waals surface area contributed by atoms with E-state index in [1.54, 1.807) is 23.7 Å². The second-order valence-electron chi connectivity index (χ2n) is 6.75. The first-order valence-corrected chi connectivity index (χ1v) is 10.4. The lowest BCUT2D eigenvalue weighted by Gasteiger charge is -2.19. The predicted octanol–water partition coefficient (Wildman–Crippen LogP) is 4.70. The standard InChI is InChI=1S/C22H20N4O2S/c1-2-16-11-17-21(24-12-14-5-6-18-19(10-14)28-9-8-27-18)25-20(26-22(17)29-16)15-4-3-7-23-13-15/h3-7,10-11,13H,2,8-9,12H2,1H3,(H,24,25,26). The summed E-state index contributed by atoms with van der Waals surface area (Å²) in [6.07, 6.45) is 4.52. The van der Waals surface area contributed by atoms with Crippen molar-refractivity contribution < 1.29 is 9.47 Å². The number of anilines is 1.